The van der Waals surface area contributed by atoms with E-state index in [-0.39, 0.29) is 5.11 Å². The molecule has 4 nitrogen and oxygen atoms in total. The van der Waals surface area contributed by atoms with Crippen molar-refractivity contribution in [2.45, 2.75) is 13.0 Å². The molecule has 0 aromatic heterocycles. The summed E-state index contributed by atoms with van der Waals surface area (Å²) in [6.45, 7) is 2.63. The fourth-order valence-corrected chi connectivity index (χ4v) is 1.93. The third kappa shape index (κ3) is 3.42. The van der Waals surface area contributed by atoms with Gasteiger partial charge in [-0.2, -0.15) is 0 Å². The van der Waals surface area contributed by atoms with Gasteiger partial charge in [-0.25, -0.2) is 0 Å². The van der Waals surface area contributed by atoms with Crippen LogP contribution in [0.15, 0.2) is 35.3 Å². The Morgan fingerprint density at radius 3 is 2.88 bits per heavy atom. The molecule has 90 valence electrons. The number of benzene rings is 1. The van der Waals surface area contributed by atoms with Gasteiger partial charge in [0.05, 0.1) is 0 Å². The molecule has 0 radical (unpaired) electrons. The molecule has 0 saturated carbocycles. The van der Waals surface area contributed by atoms with E-state index in [9.17, 15) is 0 Å². The van der Waals surface area contributed by atoms with Crippen LogP contribution in [-0.4, -0.2) is 29.1 Å². The SMILES string of the molecule is NC(=S)NC1=NCCCN1Cc1ccccc1. The summed E-state index contributed by atoms with van der Waals surface area (Å²) in [5.74, 6) is 0.785. The Morgan fingerprint density at radius 2 is 2.18 bits per heavy atom. The van der Waals surface area contributed by atoms with Crippen molar-refractivity contribution in [3.63, 3.8) is 0 Å². The van der Waals surface area contributed by atoms with E-state index in [2.05, 4.69) is 27.3 Å². The first-order chi connectivity index (χ1) is 8.25. The van der Waals surface area contributed by atoms with Crippen molar-refractivity contribution in [3.8, 4) is 0 Å². The molecule has 3 N–H and O–H groups in total. The van der Waals surface area contributed by atoms with Crippen LogP contribution in [0.4, 0.5) is 0 Å². The lowest BCUT2D eigenvalue weighted by atomic mass is 10.2. The lowest BCUT2D eigenvalue weighted by molar-refractivity contribution is 0.379. The summed E-state index contributed by atoms with van der Waals surface area (Å²) >= 11 is 4.85. The molecule has 1 aliphatic rings. The summed E-state index contributed by atoms with van der Waals surface area (Å²) < 4.78 is 0. The molecule has 0 bridgehead atoms. The van der Waals surface area contributed by atoms with Gasteiger partial charge in [-0.05, 0) is 24.2 Å². The van der Waals surface area contributed by atoms with E-state index in [1.807, 2.05) is 18.2 Å². The Kier molecular flexibility index (Phi) is 3.93. The highest BCUT2D eigenvalue weighted by atomic mass is 32.1. The highest BCUT2D eigenvalue weighted by Crippen LogP contribution is 2.08. The highest BCUT2D eigenvalue weighted by Gasteiger charge is 2.15. The van der Waals surface area contributed by atoms with Gasteiger partial charge < -0.3 is 16.0 Å². The quantitative estimate of drug-likeness (QED) is 0.769. The maximum absolute atomic E-state index is 5.49. The molecule has 1 aliphatic heterocycles. The predicted molar refractivity (Wildman–Crippen MR) is 73.7 cm³/mol. The molecule has 17 heavy (non-hydrogen) atoms. The Morgan fingerprint density at radius 1 is 1.41 bits per heavy atom. The van der Waals surface area contributed by atoms with Crippen LogP contribution in [0.2, 0.25) is 0 Å². The number of nitrogens with one attached hydrogen (secondary N) is 1. The molecule has 0 unspecified atom stereocenters. The van der Waals surface area contributed by atoms with Crippen LogP contribution in [0.25, 0.3) is 0 Å². The van der Waals surface area contributed by atoms with Gasteiger partial charge in [0.25, 0.3) is 0 Å². The van der Waals surface area contributed by atoms with Crippen molar-refractivity contribution >= 4 is 23.3 Å². The number of rotatable bonds is 2. The third-order valence-electron chi connectivity index (χ3n) is 2.60. The van der Waals surface area contributed by atoms with Gasteiger partial charge in [0.2, 0.25) is 5.96 Å². The zero-order chi connectivity index (χ0) is 12.1. The van der Waals surface area contributed by atoms with Crippen LogP contribution in [-0.2, 0) is 6.54 Å². The first-order valence-corrected chi connectivity index (χ1v) is 6.06. The van der Waals surface area contributed by atoms with Gasteiger partial charge in [-0.15, -0.1) is 0 Å². The lowest BCUT2D eigenvalue weighted by Crippen LogP contribution is -2.48. The highest BCUT2D eigenvalue weighted by molar-refractivity contribution is 7.80. The molecule has 2 rings (SSSR count). The smallest absolute Gasteiger partial charge is 0.200 e. The zero-order valence-electron chi connectivity index (χ0n) is 9.60. The van der Waals surface area contributed by atoms with Gasteiger partial charge in [0.1, 0.15) is 0 Å². The molecule has 0 fully saturated rings. The Bertz CT molecular complexity index is 416. The average molecular weight is 248 g/mol. The Hall–Kier alpha value is -1.62. The summed E-state index contributed by atoms with van der Waals surface area (Å²) in [7, 11) is 0. The molecule has 5 heteroatoms. The molecule has 0 aliphatic carbocycles. The van der Waals surface area contributed by atoms with Crippen LogP contribution in [0.1, 0.15) is 12.0 Å². The molecule has 0 saturated heterocycles. The number of hydrogen-bond acceptors (Lipinski definition) is 3. The van der Waals surface area contributed by atoms with Crippen LogP contribution in [0.5, 0.6) is 0 Å². The summed E-state index contributed by atoms with van der Waals surface area (Å²) in [4.78, 5) is 6.58. The van der Waals surface area contributed by atoms with Crippen LogP contribution < -0.4 is 11.1 Å². The third-order valence-corrected chi connectivity index (χ3v) is 2.70. The number of aliphatic imine (C=N–C) groups is 1. The van der Waals surface area contributed by atoms with Crippen molar-refractivity contribution in [1.29, 1.82) is 0 Å². The second kappa shape index (κ2) is 5.63. The molecule has 1 heterocycles. The lowest BCUT2D eigenvalue weighted by Gasteiger charge is -2.29. The Balaban J connectivity index is 2.06. The van der Waals surface area contributed by atoms with Crippen molar-refractivity contribution < 1.29 is 0 Å². The van der Waals surface area contributed by atoms with E-state index in [0.717, 1.165) is 32.0 Å². The molecule has 0 amide bonds. The normalized spacial score (nSPS) is 15.3. The minimum Gasteiger partial charge on any atom is -0.376 e. The average Bonchev–Trinajstić information content (AvgIpc) is 2.32. The van der Waals surface area contributed by atoms with Gasteiger partial charge in [0.15, 0.2) is 5.11 Å². The van der Waals surface area contributed by atoms with Gasteiger partial charge in [0, 0.05) is 19.6 Å². The zero-order valence-corrected chi connectivity index (χ0v) is 10.4. The molecular weight excluding hydrogens is 232 g/mol. The second-order valence-corrected chi connectivity index (χ2v) is 4.40. The summed E-state index contributed by atoms with van der Waals surface area (Å²) in [6.07, 6.45) is 1.06. The van der Waals surface area contributed by atoms with Gasteiger partial charge >= 0.3 is 0 Å². The number of nitrogens with two attached hydrogens (primary N) is 1. The standard InChI is InChI=1S/C12H16N4S/c13-11(17)15-12-14-7-4-8-16(12)9-10-5-2-1-3-6-10/h1-3,5-6H,4,7-9H2,(H3,13,14,15,17). The summed E-state index contributed by atoms with van der Waals surface area (Å²) in [5.41, 5.74) is 6.75. The van der Waals surface area contributed by atoms with E-state index in [1.54, 1.807) is 0 Å². The van der Waals surface area contributed by atoms with Gasteiger partial charge in [-0.1, -0.05) is 30.3 Å². The molecule has 0 spiro atoms. The molecule has 1 aromatic carbocycles. The Labute approximate surface area is 107 Å². The van der Waals surface area contributed by atoms with Crippen molar-refractivity contribution in [2.24, 2.45) is 10.7 Å². The van der Waals surface area contributed by atoms with Gasteiger partial charge in [-0.3, -0.25) is 4.99 Å². The monoisotopic (exact) mass is 248 g/mol. The van der Waals surface area contributed by atoms with E-state index >= 15 is 0 Å². The number of nitrogens with zero attached hydrogens (tertiary/aromatic N) is 2. The second-order valence-electron chi connectivity index (χ2n) is 3.96. The number of guanidine groups is 1. The molecule has 1 aromatic rings. The minimum atomic E-state index is 0.267. The van der Waals surface area contributed by atoms with Crippen LogP contribution >= 0.6 is 12.2 Å². The maximum atomic E-state index is 5.49. The summed E-state index contributed by atoms with van der Waals surface area (Å²) in [6, 6.07) is 10.3. The first kappa shape index (κ1) is 11.9. The van der Waals surface area contributed by atoms with E-state index in [0.29, 0.717) is 0 Å². The van der Waals surface area contributed by atoms with Crippen molar-refractivity contribution in [2.75, 3.05) is 13.1 Å². The van der Waals surface area contributed by atoms with Crippen LogP contribution in [0.3, 0.4) is 0 Å². The fourth-order valence-electron chi connectivity index (χ4n) is 1.84. The minimum absolute atomic E-state index is 0.267. The largest absolute Gasteiger partial charge is 0.376 e. The predicted octanol–water partition coefficient (Wildman–Crippen LogP) is 1.08. The van der Waals surface area contributed by atoms with Crippen LogP contribution in [0, 0.1) is 0 Å². The fraction of sp³-hybridized carbons (Fsp3) is 0.333. The number of hydrogen-bond donors (Lipinski definition) is 2. The van der Waals surface area contributed by atoms with E-state index in [4.69, 9.17) is 18.0 Å². The molecule has 0 atom stereocenters. The first-order valence-electron chi connectivity index (χ1n) is 5.65. The summed E-state index contributed by atoms with van der Waals surface area (Å²) in [5, 5.41) is 3.20. The topological polar surface area (TPSA) is 53.6 Å². The maximum Gasteiger partial charge on any atom is 0.200 e. The number of thiocarbonyl (C=S) groups is 1. The molecular formula is C12H16N4S. The van der Waals surface area contributed by atoms with E-state index < -0.39 is 0 Å². The van der Waals surface area contributed by atoms with Crippen molar-refractivity contribution in [1.82, 2.24) is 10.2 Å². The van der Waals surface area contributed by atoms with E-state index in [1.165, 1.54) is 5.56 Å². The van der Waals surface area contributed by atoms with Crippen molar-refractivity contribution in [3.05, 3.63) is 35.9 Å².